The van der Waals surface area contributed by atoms with E-state index in [0.29, 0.717) is 6.42 Å². The van der Waals surface area contributed by atoms with Crippen molar-refractivity contribution >= 4 is 146 Å². The summed E-state index contributed by atoms with van der Waals surface area (Å²) < 4.78 is 152. The predicted octanol–water partition coefficient (Wildman–Crippen LogP) is 3.62. The Morgan fingerprint density at radius 3 is 1.27 bits per heavy atom. The van der Waals surface area contributed by atoms with Gasteiger partial charge in [-0.05, 0) is 44.1 Å². The van der Waals surface area contributed by atoms with Gasteiger partial charge in [-0.3, -0.25) is 93.6 Å². The van der Waals surface area contributed by atoms with E-state index in [2.05, 4.69) is 106 Å². The first-order valence-corrected chi connectivity index (χ1v) is 45.8. The van der Waals surface area contributed by atoms with Gasteiger partial charge in [-0.15, -0.1) is 0 Å². The SMILES string of the molecule is COP(=O)(S)OCC1O[C@@H](n2cnc3c(=O)[nH]c(N)nc32)C[C@H]1OP(=O)(S)OCC1O[C@@H](n2cc(C)c(=O)[nH]c2=O)C[C@H]1OP(=S)(S)OCC1O[C@@H](n2cnc3c(=O)[nH]c(N)nc32)C[C@H]1OP(=O)(S)OCC1O[C@@H](n2cc(C)c(=O)[nH]c2=O)C[C@H]1OP(=O)(S)OCC1O[C@@H](n2ccc(N)nc2=O)C[C@H]1C. The van der Waals surface area contributed by atoms with Gasteiger partial charge in [-0.2, -0.15) is 15.0 Å². The summed E-state index contributed by atoms with van der Waals surface area (Å²) in [7, 11) is 1.09. The Hall–Kier alpha value is -4.94. The second-order valence-electron chi connectivity index (χ2n) is 24.4. The summed E-state index contributed by atoms with van der Waals surface area (Å²) >= 11 is 27.3. The number of nitrogens with two attached hydrogens (primary N) is 3. The van der Waals surface area contributed by atoms with Crippen LogP contribution in [0.15, 0.2) is 70.9 Å². The monoisotopic (exact) mass is 1680 g/mol. The lowest BCUT2D eigenvalue weighted by molar-refractivity contribution is -0.0506. The van der Waals surface area contributed by atoms with Gasteiger partial charge in [-0.1, -0.05) is 68.2 Å². The van der Waals surface area contributed by atoms with Gasteiger partial charge in [0, 0.05) is 62.5 Å². The van der Waals surface area contributed by atoms with Gasteiger partial charge in [0.15, 0.2) is 22.3 Å². The minimum Gasteiger partial charge on any atom is -0.383 e. The minimum atomic E-state index is -4.70. The molecule has 10 N–H and O–H groups in total. The van der Waals surface area contributed by atoms with Crippen LogP contribution in [0.3, 0.4) is 0 Å². The standard InChI is InChI=1S/C51H68N17O26P5S6/c1-21-7-34(64-6-5-33(52)57-49(64)73)86-28(21)14-82-96(77,101)91-24-8-35(65-12-22(2)43(69)62-50(65)74)87-30(24)16-83-97(78,102)93-26-10-38(68-20-56-40-42(68)59-48(54)61-46(40)72)90-32(26)18-85-99(104,105)94-27-11-36(66-13-23(3)44(70)63-51(66)75)88-31(27)17-84-98(79,103)92-25-9-37(89-29(25)15-81-95(76,100)80-4)67-19-55-39-41(67)58-47(53)60-45(39)71/h5-6,12-13,19-21,24-32,34-38H,7-11,14-18H2,1-4H3,(H,76,100)(H,77,101)(H,78,102)(H,79,103)(H,104,105)(H2,52,57,73)(H,62,69,74)(H,63,70,75)(H3,53,58,60,71)(H3,54,59,61,72)/t21-,24-,25-,26-,27-,28?,29?,30?,31?,32?,34-,35-,36-,37-,38-,95?,96?,97?,98?/m1/s1. The number of hydrogen-bond donors (Lipinski definition) is 12. The molecule has 12 rings (SSSR count). The van der Waals surface area contributed by atoms with Crippen LogP contribution in [-0.4, -0.2) is 163 Å². The molecule has 54 heteroatoms. The van der Waals surface area contributed by atoms with E-state index in [1.54, 1.807) is 0 Å². The van der Waals surface area contributed by atoms with Gasteiger partial charge >= 0.3 is 44.3 Å². The van der Waals surface area contributed by atoms with Crippen molar-refractivity contribution in [2.24, 2.45) is 5.92 Å². The maximum Gasteiger partial charge on any atom is 0.386 e. The largest absolute Gasteiger partial charge is 0.386 e. The summed E-state index contributed by atoms with van der Waals surface area (Å²) in [5.74, 6) is -0.755. The molecule has 7 aromatic heterocycles. The molecule has 105 heavy (non-hydrogen) atoms. The number of H-pyrrole nitrogens is 4. The second kappa shape index (κ2) is 31.8. The van der Waals surface area contributed by atoms with E-state index in [4.69, 9.17) is 97.9 Å². The molecule has 5 saturated heterocycles. The molecule has 0 aliphatic carbocycles. The number of fused-ring (bicyclic) bond motifs is 2. The van der Waals surface area contributed by atoms with Crippen molar-refractivity contribution in [3.63, 3.8) is 0 Å². The van der Waals surface area contributed by atoms with E-state index in [1.807, 2.05) is 6.92 Å². The van der Waals surface area contributed by atoms with E-state index >= 15 is 0 Å². The Morgan fingerprint density at radius 2 is 0.857 bits per heavy atom. The third-order valence-corrected chi connectivity index (χ3v) is 26.1. The van der Waals surface area contributed by atoms with Gasteiger partial charge in [0.05, 0.1) is 57.9 Å². The van der Waals surface area contributed by atoms with Crippen LogP contribution in [-0.2, 0) is 99.0 Å². The Balaban J connectivity index is 0.753. The zero-order valence-electron chi connectivity index (χ0n) is 54.9. The number of anilines is 3. The van der Waals surface area contributed by atoms with Crippen LogP contribution in [0.4, 0.5) is 17.7 Å². The summed E-state index contributed by atoms with van der Waals surface area (Å²) in [5, 5.41) is 0. The number of thiol groups is 5. The van der Waals surface area contributed by atoms with Crippen molar-refractivity contribution in [2.75, 3.05) is 57.3 Å². The van der Waals surface area contributed by atoms with Crippen LogP contribution in [0.1, 0.15) is 81.3 Å². The highest BCUT2D eigenvalue weighted by molar-refractivity contribution is 8.60. The number of nitrogen functional groups attached to an aromatic ring is 3. The van der Waals surface area contributed by atoms with Gasteiger partial charge in [0.1, 0.15) is 79.7 Å². The maximum atomic E-state index is 14.7. The first-order valence-electron chi connectivity index (χ1n) is 31.3. The summed E-state index contributed by atoms with van der Waals surface area (Å²) in [5.41, 5.74) is 8.32. The van der Waals surface area contributed by atoms with Gasteiger partial charge in [0.25, 0.3) is 22.2 Å². The molecule has 5 aliphatic rings. The quantitative estimate of drug-likeness (QED) is 0.0235. The Kier molecular flexibility index (Phi) is 24.1. The molecule has 5 aliphatic heterocycles. The third kappa shape index (κ3) is 18.8. The number of nitrogens with one attached hydrogen (secondary N) is 4. The van der Waals surface area contributed by atoms with Crippen LogP contribution >= 0.6 is 94.1 Å². The number of nitrogens with zero attached hydrogens (tertiary/aromatic N) is 10. The van der Waals surface area contributed by atoms with Crippen molar-refractivity contribution in [1.82, 2.24) is 67.7 Å². The molecular formula is C51H68N17O26P5S6. The minimum absolute atomic E-state index is 0.0113. The van der Waals surface area contributed by atoms with E-state index in [9.17, 15) is 51.8 Å². The highest BCUT2D eigenvalue weighted by Crippen LogP contribution is 2.62. The molecule has 574 valence electrons. The highest BCUT2D eigenvalue weighted by Gasteiger charge is 2.49. The number of ether oxygens (including phenoxy) is 5. The molecule has 7 aromatic rings. The fraction of sp³-hybridized carbons (Fsp3) is 0.569. The normalized spacial score (nSPS) is 29.3. The fourth-order valence-electron chi connectivity index (χ4n) is 12.0. The lowest BCUT2D eigenvalue weighted by Gasteiger charge is -2.28. The number of imidazole rings is 2. The molecule has 0 amide bonds. The molecule has 0 saturated carbocycles. The Labute approximate surface area is 620 Å². The van der Waals surface area contributed by atoms with Crippen LogP contribution in [0, 0.1) is 19.8 Å². The first-order chi connectivity index (χ1) is 49.4. The molecule has 12 heterocycles. The topological polar surface area (TPSA) is 557 Å². The lowest BCUT2D eigenvalue weighted by Crippen LogP contribution is -2.33. The van der Waals surface area contributed by atoms with Crippen LogP contribution in [0.2, 0.25) is 0 Å². The number of hydrogen-bond acceptors (Lipinski definition) is 35. The summed E-state index contributed by atoms with van der Waals surface area (Å²) in [6, 6.07) is 1.43. The van der Waals surface area contributed by atoms with Gasteiger partial charge in [0.2, 0.25) is 17.6 Å². The van der Waals surface area contributed by atoms with E-state index in [1.165, 1.54) is 64.9 Å². The smallest absolute Gasteiger partial charge is 0.383 e. The van der Waals surface area contributed by atoms with Crippen molar-refractivity contribution in [1.29, 1.82) is 0 Å². The lowest BCUT2D eigenvalue weighted by atomic mass is 10.0. The number of aromatic amines is 4. The van der Waals surface area contributed by atoms with Crippen LogP contribution < -0.4 is 56.5 Å². The average Bonchev–Trinajstić information content (AvgIpc) is 1.64. The Bertz CT molecular complexity index is 5160. The number of aryl methyl sites for hydroxylation is 2. The first kappa shape index (κ1) is 79.6. The summed E-state index contributed by atoms with van der Waals surface area (Å²) in [6.07, 6.45) is -10.9. The molecule has 0 radical (unpaired) electrons. The average molecular weight is 1680 g/mol. The molecule has 5 fully saturated rings. The van der Waals surface area contributed by atoms with Crippen LogP contribution in [0.5, 0.6) is 0 Å². The number of aromatic nitrogens is 14. The van der Waals surface area contributed by atoms with Crippen molar-refractivity contribution in [2.45, 2.75) is 139 Å². The maximum absolute atomic E-state index is 14.7. The van der Waals surface area contributed by atoms with Crippen molar-refractivity contribution < 1.29 is 87.2 Å². The predicted molar refractivity (Wildman–Crippen MR) is 388 cm³/mol. The Morgan fingerprint density at radius 1 is 0.495 bits per heavy atom. The fourth-order valence-corrected chi connectivity index (χ4v) is 19.3. The van der Waals surface area contributed by atoms with Crippen LogP contribution in [0.25, 0.3) is 22.3 Å². The molecule has 43 nitrogen and oxygen atoms in total. The third-order valence-electron chi connectivity index (χ3n) is 17.2. The summed E-state index contributed by atoms with van der Waals surface area (Å²) in [4.78, 5) is 119. The van der Waals surface area contributed by atoms with Crippen molar-refractivity contribution in [3.05, 3.63) is 121 Å². The van der Waals surface area contributed by atoms with E-state index in [0.717, 1.165) is 16.2 Å². The molecule has 20 atom stereocenters. The number of rotatable bonds is 29. The zero-order valence-corrected chi connectivity index (χ0v) is 64.7. The molecule has 0 aromatic carbocycles. The molecule has 0 spiro atoms. The summed E-state index contributed by atoms with van der Waals surface area (Å²) in [6.45, 7) is -15.9. The van der Waals surface area contributed by atoms with Crippen molar-refractivity contribution in [3.8, 4) is 0 Å². The van der Waals surface area contributed by atoms with Gasteiger partial charge in [-0.25, -0.2) is 42.6 Å². The highest BCUT2D eigenvalue weighted by atomic mass is 32.9. The van der Waals surface area contributed by atoms with Gasteiger partial charge < -0.3 is 54.5 Å². The van der Waals surface area contributed by atoms with E-state index < -0.39 is 185 Å². The second-order valence-corrected chi connectivity index (χ2v) is 41.3. The molecule has 10 unspecified atom stereocenters. The molecule has 0 bridgehead atoms. The molecular weight excluding hydrogens is 1610 g/mol. The zero-order chi connectivity index (χ0) is 75.6. The van der Waals surface area contributed by atoms with E-state index in [-0.39, 0.29) is 89.4 Å².